The molecule has 0 aromatic heterocycles. The molecule has 0 saturated carbocycles. The highest BCUT2D eigenvalue weighted by Gasteiger charge is 2.35. The molecule has 0 aromatic carbocycles. The summed E-state index contributed by atoms with van der Waals surface area (Å²) in [5.41, 5.74) is 27.6. The van der Waals surface area contributed by atoms with E-state index in [-0.39, 0.29) is 25.3 Å². The fourth-order valence-electron chi connectivity index (χ4n) is 4.35. The normalized spacial score (nSPS) is 26.3. The van der Waals surface area contributed by atoms with E-state index in [9.17, 15) is 38.7 Å². The second kappa shape index (κ2) is 18.8. The van der Waals surface area contributed by atoms with Gasteiger partial charge < -0.3 is 76.3 Å². The minimum absolute atomic E-state index is 0.0120. The minimum Gasteiger partial charge on any atom is -0.394 e. The maximum absolute atomic E-state index is 13.5. The van der Waals surface area contributed by atoms with Crippen molar-refractivity contribution >= 4 is 47.4 Å². The summed E-state index contributed by atoms with van der Waals surface area (Å²) in [7, 11) is 0. The van der Waals surface area contributed by atoms with E-state index >= 15 is 0 Å². The largest absolute Gasteiger partial charge is 0.394 e. The van der Waals surface area contributed by atoms with E-state index in [2.05, 4.69) is 42.2 Å². The first kappa shape index (κ1) is 38.1. The van der Waals surface area contributed by atoms with Gasteiger partial charge in [-0.15, -0.1) is 0 Å². The lowest BCUT2D eigenvalue weighted by molar-refractivity contribution is -0.134. The molecule has 6 atom stereocenters. The molecule has 0 aromatic rings. The number of carbonyl (C=O) groups is 7. The molecule has 0 radical (unpaired) electrons. The number of urea groups is 1. The van der Waals surface area contributed by atoms with Gasteiger partial charge in [0.05, 0.1) is 12.6 Å². The van der Waals surface area contributed by atoms with E-state index in [0.717, 1.165) is 6.20 Å². The van der Waals surface area contributed by atoms with Gasteiger partial charge in [0, 0.05) is 38.3 Å². The Balaban J connectivity index is 2.45. The average Bonchev–Trinajstić information content (AvgIpc) is 3.02. The molecule has 1 saturated heterocycles. The molecule has 2 unspecified atom stereocenters. The Morgan fingerprint density at radius 1 is 1.02 bits per heavy atom. The molecule has 2 heterocycles. The predicted octanol–water partition coefficient (Wildman–Crippen LogP) is -8.23. The molecule has 1 fully saturated rings. The van der Waals surface area contributed by atoms with Crippen molar-refractivity contribution in [1.82, 2.24) is 42.5 Å². The second-order valence-electron chi connectivity index (χ2n) is 10.7. The Morgan fingerprint density at radius 2 is 1.72 bits per heavy atom. The number of hydrogen-bond acceptors (Lipinski definition) is 14. The molecule has 0 bridgehead atoms. The summed E-state index contributed by atoms with van der Waals surface area (Å²) in [6.45, 7) is -1.36. The van der Waals surface area contributed by atoms with Crippen LogP contribution in [0.5, 0.6) is 0 Å². The van der Waals surface area contributed by atoms with E-state index in [1.165, 1.54) is 0 Å². The Labute approximate surface area is 269 Å². The van der Waals surface area contributed by atoms with Gasteiger partial charge >= 0.3 is 6.03 Å². The van der Waals surface area contributed by atoms with Gasteiger partial charge in [0.15, 0.2) is 5.96 Å². The van der Waals surface area contributed by atoms with Gasteiger partial charge in [0.1, 0.15) is 29.9 Å². The van der Waals surface area contributed by atoms with Gasteiger partial charge in [-0.3, -0.25) is 33.8 Å². The number of guanidine groups is 1. The average molecular weight is 669 g/mol. The third-order valence-electron chi connectivity index (χ3n) is 6.90. The lowest BCUT2D eigenvalue weighted by Gasteiger charge is -2.31. The maximum atomic E-state index is 13.5. The molecule has 262 valence electrons. The molecule has 0 spiro atoms. The highest BCUT2D eigenvalue weighted by atomic mass is 16.3. The SMILES string of the molecule is NCCC[C@@H](N)CC(=O)NC[C@H]1NC(=O)C(CO)NC(=O)[C@@H](N)CNC(=O)C([C@H]2CCN=C(N)N2)NC(=O)/C(=C/NC(N)=O)NC1=O. The summed E-state index contributed by atoms with van der Waals surface area (Å²) in [4.78, 5) is 93.9. The number of nitrogens with zero attached hydrogens (tertiary/aromatic N) is 1. The highest BCUT2D eigenvalue weighted by molar-refractivity contribution is 6.02. The summed E-state index contributed by atoms with van der Waals surface area (Å²) in [6.07, 6.45) is 1.86. The van der Waals surface area contributed by atoms with Crippen molar-refractivity contribution in [2.24, 2.45) is 33.7 Å². The number of carbonyl (C=O) groups excluding carboxylic acids is 7. The first-order valence-electron chi connectivity index (χ1n) is 14.7. The number of primary amides is 1. The zero-order valence-corrected chi connectivity index (χ0v) is 25.5. The number of amides is 8. The maximum Gasteiger partial charge on any atom is 0.316 e. The van der Waals surface area contributed by atoms with Crippen LogP contribution in [0.3, 0.4) is 0 Å². The van der Waals surface area contributed by atoms with Crippen LogP contribution >= 0.6 is 0 Å². The fourth-order valence-corrected chi connectivity index (χ4v) is 4.35. The van der Waals surface area contributed by atoms with E-state index < -0.39 is 103 Å². The molecule has 19 N–H and O–H groups in total. The summed E-state index contributed by atoms with van der Waals surface area (Å²) in [6, 6.07) is -8.54. The van der Waals surface area contributed by atoms with Gasteiger partial charge in [-0.2, -0.15) is 0 Å². The van der Waals surface area contributed by atoms with Crippen LogP contribution in [0, 0.1) is 0 Å². The van der Waals surface area contributed by atoms with Crippen molar-refractivity contribution in [1.29, 1.82) is 0 Å². The molecular weight excluding hydrogens is 624 g/mol. The van der Waals surface area contributed by atoms with E-state index in [0.29, 0.717) is 19.4 Å². The van der Waals surface area contributed by atoms with Gasteiger partial charge in [0.2, 0.25) is 29.5 Å². The van der Waals surface area contributed by atoms with Crippen molar-refractivity contribution in [2.75, 3.05) is 32.8 Å². The van der Waals surface area contributed by atoms with Crippen molar-refractivity contribution in [2.45, 2.75) is 61.9 Å². The van der Waals surface area contributed by atoms with E-state index in [1.54, 1.807) is 0 Å². The molecule has 2 aliphatic rings. The first-order chi connectivity index (χ1) is 22.2. The van der Waals surface area contributed by atoms with Crippen LogP contribution in [0.1, 0.15) is 25.7 Å². The van der Waals surface area contributed by atoms with Gasteiger partial charge in [-0.05, 0) is 25.8 Å². The Hall–Kier alpha value is -5.06. The monoisotopic (exact) mass is 668 g/mol. The third-order valence-corrected chi connectivity index (χ3v) is 6.90. The molecule has 2 aliphatic heterocycles. The van der Waals surface area contributed by atoms with Crippen LogP contribution in [-0.2, 0) is 28.8 Å². The quantitative estimate of drug-likeness (QED) is 0.0963. The minimum atomic E-state index is -1.63. The van der Waals surface area contributed by atoms with Crippen LogP contribution in [0.15, 0.2) is 16.9 Å². The summed E-state index contributed by atoms with van der Waals surface area (Å²) in [5, 5.41) is 28.7. The molecule has 2 rings (SSSR count). The van der Waals surface area contributed by atoms with Crippen molar-refractivity contribution in [3.05, 3.63) is 11.9 Å². The van der Waals surface area contributed by atoms with Gasteiger partial charge in [-0.1, -0.05) is 0 Å². The zero-order valence-electron chi connectivity index (χ0n) is 25.5. The van der Waals surface area contributed by atoms with Gasteiger partial charge in [0.25, 0.3) is 5.91 Å². The third kappa shape index (κ3) is 12.7. The summed E-state index contributed by atoms with van der Waals surface area (Å²) in [5.74, 6) is -5.62. The number of aliphatic imine (C=N–C) groups is 1. The van der Waals surface area contributed by atoms with Crippen LogP contribution in [0.25, 0.3) is 0 Å². The number of rotatable bonds is 10. The molecule has 0 aliphatic carbocycles. The first-order valence-corrected chi connectivity index (χ1v) is 14.7. The lowest BCUT2D eigenvalue weighted by atomic mass is 10.0. The van der Waals surface area contributed by atoms with Gasteiger partial charge in [-0.25, -0.2) is 4.79 Å². The lowest BCUT2D eigenvalue weighted by Crippen LogP contribution is -2.64. The Bertz CT molecular complexity index is 1240. The fraction of sp³-hybridized carbons (Fsp3) is 0.600. The molecule has 22 heteroatoms. The van der Waals surface area contributed by atoms with Crippen LogP contribution in [-0.4, -0.2) is 122 Å². The number of aliphatic hydroxyl groups excluding tert-OH is 1. The molecule has 8 amide bonds. The predicted molar refractivity (Wildman–Crippen MR) is 165 cm³/mol. The molecule has 47 heavy (non-hydrogen) atoms. The van der Waals surface area contributed by atoms with Crippen LogP contribution in [0.4, 0.5) is 4.79 Å². The topological polar surface area (TPSA) is 378 Å². The molecular formula is C25H44N14O8. The zero-order chi connectivity index (χ0) is 35.1. The number of nitrogens with one attached hydrogen (secondary N) is 8. The summed E-state index contributed by atoms with van der Waals surface area (Å²) >= 11 is 0. The van der Waals surface area contributed by atoms with Crippen LogP contribution in [0.2, 0.25) is 0 Å². The van der Waals surface area contributed by atoms with Crippen LogP contribution < -0.4 is 71.2 Å². The summed E-state index contributed by atoms with van der Waals surface area (Å²) < 4.78 is 0. The standard InChI is InChI=1S/C25H44N14O8/c26-4-1-2-11(27)6-17(41)32-8-14-20(43)35-15(9-34-25(30)47)21(44)39-18(13-3-5-31-24(29)38-13)23(46)33-7-12(28)19(42)37-16(10-40)22(45)36-14/h9,11-14,16,18,40H,1-8,10,26-28H2,(H,32,41)(H,33,46)(H,35,43)(H,36,45)(H,37,42)(H,39,44)(H3,29,31,38)(H3,30,34,47)/b15-9-/t11-,12+,13-,14-,16?,18?/m1/s1. The Morgan fingerprint density at radius 3 is 2.36 bits per heavy atom. The number of hydrogen-bond donors (Lipinski definition) is 14. The number of aliphatic hydroxyl groups is 1. The Kier molecular flexibility index (Phi) is 15.2. The molecule has 22 nitrogen and oxygen atoms in total. The smallest absolute Gasteiger partial charge is 0.316 e. The number of nitrogens with two attached hydrogens (primary N) is 5. The second-order valence-corrected chi connectivity index (χ2v) is 10.7. The highest BCUT2D eigenvalue weighted by Crippen LogP contribution is 2.07. The van der Waals surface area contributed by atoms with Crippen molar-refractivity contribution in [3.8, 4) is 0 Å². The van der Waals surface area contributed by atoms with E-state index in [1.807, 2.05) is 5.32 Å². The van der Waals surface area contributed by atoms with E-state index in [4.69, 9.17) is 28.7 Å². The van der Waals surface area contributed by atoms with Crippen molar-refractivity contribution < 1.29 is 38.7 Å². The van der Waals surface area contributed by atoms with Crippen molar-refractivity contribution in [3.63, 3.8) is 0 Å².